The molecule has 1 fully saturated rings. The quantitative estimate of drug-likeness (QED) is 0.829. The van der Waals surface area contributed by atoms with Crippen LogP contribution in [0.15, 0.2) is 6.07 Å². The molecule has 1 heterocycles. The number of hydrogen-bond acceptors (Lipinski definition) is 3. The third kappa shape index (κ3) is 3.29. The Morgan fingerprint density at radius 3 is 2.45 bits per heavy atom. The zero-order chi connectivity index (χ0) is 14.8. The molecule has 1 aliphatic rings. The lowest BCUT2D eigenvalue weighted by atomic mass is 9.70. The highest BCUT2D eigenvalue weighted by atomic mass is 32.1. The maximum Gasteiger partial charge on any atom is 0.140 e. The summed E-state index contributed by atoms with van der Waals surface area (Å²) in [6, 6.07) is 1.95. The Balaban J connectivity index is 2.38. The van der Waals surface area contributed by atoms with E-state index < -0.39 is 0 Å². The van der Waals surface area contributed by atoms with E-state index >= 15 is 0 Å². The third-order valence-electron chi connectivity index (χ3n) is 4.44. The summed E-state index contributed by atoms with van der Waals surface area (Å²) in [7, 11) is 0. The molecule has 0 aromatic carbocycles. The summed E-state index contributed by atoms with van der Waals surface area (Å²) in [5, 5.41) is 0. The lowest BCUT2D eigenvalue weighted by Gasteiger charge is -2.42. The van der Waals surface area contributed by atoms with Crippen LogP contribution in [0.1, 0.15) is 64.9 Å². The first-order valence-corrected chi connectivity index (χ1v) is 8.06. The second kappa shape index (κ2) is 5.94. The molecule has 0 radical (unpaired) electrons. The minimum absolute atomic E-state index is 0.275. The van der Waals surface area contributed by atoms with Crippen LogP contribution in [-0.2, 0) is 16.8 Å². The predicted octanol–water partition coefficient (Wildman–Crippen LogP) is 4.53. The molecule has 0 atom stereocenters. The Morgan fingerprint density at radius 2 is 1.90 bits per heavy atom. The van der Waals surface area contributed by atoms with Gasteiger partial charge in [-0.3, -0.25) is 0 Å². The maximum absolute atomic E-state index is 6.16. The van der Waals surface area contributed by atoms with Crippen molar-refractivity contribution in [3.63, 3.8) is 0 Å². The maximum atomic E-state index is 6.16. The van der Waals surface area contributed by atoms with Crippen LogP contribution in [0.2, 0.25) is 0 Å². The molecule has 0 aliphatic heterocycles. The molecule has 1 saturated carbocycles. The van der Waals surface area contributed by atoms with Crippen molar-refractivity contribution in [2.24, 2.45) is 5.41 Å². The van der Waals surface area contributed by atoms with Gasteiger partial charge in [-0.15, -0.1) is 0 Å². The van der Waals surface area contributed by atoms with E-state index in [1.165, 1.54) is 0 Å². The molecule has 1 aromatic rings. The van der Waals surface area contributed by atoms with Crippen molar-refractivity contribution in [1.29, 1.82) is 0 Å². The van der Waals surface area contributed by atoms with E-state index in [0.29, 0.717) is 16.7 Å². The second-order valence-corrected chi connectivity index (χ2v) is 6.96. The Labute approximate surface area is 127 Å². The summed E-state index contributed by atoms with van der Waals surface area (Å²) >= 11 is 5.31. The molecule has 2 rings (SSSR count). The fourth-order valence-corrected chi connectivity index (χ4v) is 3.20. The monoisotopic (exact) mass is 294 g/mol. The van der Waals surface area contributed by atoms with Crippen LogP contribution in [0.25, 0.3) is 0 Å². The van der Waals surface area contributed by atoms with E-state index in [0.717, 1.165) is 43.6 Å². The number of aromatic amines is 1. The average Bonchev–Trinajstić information content (AvgIpc) is 2.41. The van der Waals surface area contributed by atoms with Crippen molar-refractivity contribution < 1.29 is 4.74 Å². The van der Waals surface area contributed by atoms with Gasteiger partial charge in [-0.05, 0) is 50.5 Å². The Morgan fingerprint density at radius 1 is 1.25 bits per heavy atom. The first-order valence-electron chi connectivity index (χ1n) is 7.65. The number of nitrogens with one attached hydrogen (secondary N) is 1. The van der Waals surface area contributed by atoms with E-state index in [-0.39, 0.29) is 5.60 Å². The van der Waals surface area contributed by atoms with Gasteiger partial charge in [-0.2, -0.15) is 0 Å². The van der Waals surface area contributed by atoms with Gasteiger partial charge in [0.05, 0.1) is 0 Å². The highest BCUT2D eigenvalue weighted by Crippen LogP contribution is 2.46. The molecule has 0 unspecified atom stereocenters. The van der Waals surface area contributed by atoms with Crippen molar-refractivity contribution in [3.05, 3.63) is 22.2 Å². The molecule has 1 aliphatic carbocycles. The topological polar surface area (TPSA) is 37.9 Å². The molecule has 0 bridgehead atoms. The molecule has 1 N–H and O–H groups in total. The molecule has 20 heavy (non-hydrogen) atoms. The predicted molar refractivity (Wildman–Crippen MR) is 84.4 cm³/mol. The SMILES string of the molecule is CCOC1(c2nc(=S)cc(CC)[nH]2)CCC(C)(C)CC1. The minimum Gasteiger partial charge on any atom is -0.367 e. The van der Waals surface area contributed by atoms with E-state index in [1.807, 2.05) is 6.07 Å². The molecule has 3 nitrogen and oxygen atoms in total. The lowest BCUT2D eigenvalue weighted by molar-refractivity contribution is -0.0949. The number of hydrogen-bond donors (Lipinski definition) is 1. The third-order valence-corrected chi connectivity index (χ3v) is 4.65. The molecule has 1 aromatic heterocycles. The molecule has 4 heteroatoms. The summed E-state index contributed by atoms with van der Waals surface area (Å²) in [5.74, 6) is 0.930. The average molecular weight is 294 g/mol. The standard InChI is InChI=1S/C16H26N2OS/c1-5-12-11-13(20)18-14(17-12)16(19-6-2)9-7-15(3,4)8-10-16/h11H,5-10H2,1-4H3,(H,17,18,20). The zero-order valence-corrected chi connectivity index (χ0v) is 13.9. The Hall–Kier alpha value is -0.740. The molecular formula is C16H26N2OS. The summed E-state index contributed by atoms with van der Waals surface area (Å²) in [6.45, 7) is 9.56. The Bertz CT molecular complexity index is 511. The highest BCUT2D eigenvalue weighted by molar-refractivity contribution is 7.71. The van der Waals surface area contributed by atoms with E-state index in [1.54, 1.807) is 0 Å². The molecule has 0 amide bonds. The van der Waals surface area contributed by atoms with Crippen LogP contribution < -0.4 is 0 Å². The smallest absolute Gasteiger partial charge is 0.140 e. The first-order chi connectivity index (χ1) is 9.41. The molecular weight excluding hydrogens is 268 g/mol. The van der Waals surface area contributed by atoms with Gasteiger partial charge in [0.15, 0.2) is 0 Å². The van der Waals surface area contributed by atoms with Gasteiger partial charge in [0.25, 0.3) is 0 Å². The summed E-state index contributed by atoms with van der Waals surface area (Å²) in [6.07, 6.45) is 5.28. The van der Waals surface area contributed by atoms with Crippen molar-refractivity contribution in [2.75, 3.05) is 6.61 Å². The van der Waals surface area contributed by atoms with Crippen LogP contribution in [-0.4, -0.2) is 16.6 Å². The van der Waals surface area contributed by atoms with E-state index in [9.17, 15) is 0 Å². The summed E-state index contributed by atoms with van der Waals surface area (Å²) in [5.41, 5.74) is 1.27. The van der Waals surface area contributed by atoms with E-state index in [4.69, 9.17) is 17.0 Å². The van der Waals surface area contributed by atoms with Gasteiger partial charge < -0.3 is 9.72 Å². The zero-order valence-electron chi connectivity index (χ0n) is 13.1. The van der Waals surface area contributed by atoms with Gasteiger partial charge in [0.2, 0.25) is 0 Å². The summed E-state index contributed by atoms with van der Waals surface area (Å²) < 4.78 is 6.83. The normalized spacial score (nSPS) is 20.8. The number of nitrogens with zero attached hydrogens (tertiary/aromatic N) is 1. The van der Waals surface area contributed by atoms with E-state index in [2.05, 4.69) is 37.7 Å². The van der Waals surface area contributed by atoms with Crippen molar-refractivity contribution in [2.45, 2.75) is 65.4 Å². The molecule has 112 valence electrons. The largest absolute Gasteiger partial charge is 0.367 e. The van der Waals surface area contributed by atoms with Crippen LogP contribution in [0.4, 0.5) is 0 Å². The van der Waals surface area contributed by atoms with Crippen LogP contribution in [0.5, 0.6) is 0 Å². The van der Waals surface area contributed by atoms with Gasteiger partial charge in [0.1, 0.15) is 16.1 Å². The number of aromatic nitrogens is 2. The summed E-state index contributed by atoms with van der Waals surface area (Å²) in [4.78, 5) is 8.03. The second-order valence-electron chi connectivity index (χ2n) is 6.54. The van der Waals surface area contributed by atoms with Gasteiger partial charge in [-0.1, -0.05) is 33.0 Å². The van der Waals surface area contributed by atoms with Gasteiger partial charge >= 0.3 is 0 Å². The fourth-order valence-electron chi connectivity index (χ4n) is 2.97. The van der Waals surface area contributed by atoms with Gasteiger partial charge in [-0.25, -0.2) is 4.98 Å². The lowest BCUT2D eigenvalue weighted by Crippen LogP contribution is -2.39. The number of rotatable bonds is 4. The van der Waals surface area contributed by atoms with Gasteiger partial charge in [0, 0.05) is 12.3 Å². The Kier molecular flexibility index (Phi) is 4.65. The highest BCUT2D eigenvalue weighted by Gasteiger charge is 2.42. The first kappa shape index (κ1) is 15.6. The number of H-pyrrole nitrogens is 1. The van der Waals surface area contributed by atoms with Crippen LogP contribution >= 0.6 is 12.2 Å². The number of aryl methyl sites for hydroxylation is 1. The number of ether oxygens (including phenoxy) is 1. The minimum atomic E-state index is -0.275. The fraction of sp³-hybridized carbons (Fsp3) is 0.750. The van der Waals surface area contributed by atoms with Crippen LogP contribution in [0, 0.1) is 10.1 Å². The van der Waals surface area contributed by atoms with Crippen LogP contribution in [0.3, 0.4) is 0 Å². The molecule has 0 saturated heterocycles. The molecule has 0 spiro atoms. The van der Waals surface area contributed by atoms with Crippen molar-refractivity contribution in [3.8, 4) is 0 Å². The van der Waals surface area contributed by atoms with Crippen molar-refractivity contribution >= 4 is 12.2 Å². The van der Waals surface area contributed by atoms with Crippen molar-refractivity contribution in [1.82, 2.24) is 9.97 Å².